The third kappa shape index (κ3) is 14.7. The minimum atomic E-state index is 0.00540. The maximum Gasteiger partial charge on any atom is 0.246 e. The minimum Gasteiger partial charge on any atom is -0.350 e. The normalized spacial score (nSPS) is 12.4. The van der Waals surface area contributed by atoms with E-state index in [1.54, 1.807) is 6.92 Å². The average molecular weight is 339 g/mol. The predicted octanol–water partition coefficient (Wildman–Crippen LogP) is 5.31. The molecule has 0 radical (unpaired) electrons. The summed E-state index contributed by atoms with van der Waals surface area (Å²) in [6.45, 7) is 8.80. The zero-order valence-electron chi connectivity index (χ0n) is 16.8. The maximum atomic E-state index is 11.9. The van der Waals surface area contributed by atoms with Crippen LogP contribution in [-0.4, -0.2) is 37.5 Å². The SMILES string of the molecule is C=C(C)C(=O)NC(CCCCCCCCCCCC)CCN(C)C. The van der Waals surface area contributed by atoms with Gasteiger partial charge >= 0.3 is 0 Å². The number of rotatable bonds is 16. The van der Waals surface area contributed by atoms with Crippen molar-refractivity contribution in [3.8, 4) is 0 Å². The first-order chi connectivity index (χ1) is 11.5. The fraction of sp³-hybridized carbons (Fsp3) is 0.857. The van der Waals surface area contributed by atoms with E-state index in [0.717, 1.165) is 19.4 Å². The molecule has 24 heavy (non-hydrogen) atoms. The summed E-state index contributed by atoms with van der Waals surface area (Å²) in [5, 5.41) is 3.14. The van der Waals surface area contributed by atoms with E-state index in [1.807, 2.05) is 0 Å². The van der Waals surface area contributed by atoms with Gasteiger partial charge in [0, 0.05) is 11.6 Å². The van der Waals surface area contributed by atoms with Gasteiger partial charge < -0.3 is 10.2 Å². The molecule has 0 spiro atoms. The molecule has 3 heteroatoms. The second-order valence-electron chi connectivity index (χ2n) is 7.51. The molecule has 0 aliphatic heterocycles. The van der Waals surface area contributed by atoms with Crippen LogP contribution in [0.2, 0.25) is 0 Å². The van der Waals surface area contributed by atoms with Crippen molar-refractivity contribution in [2.24, 2.45) is 0 Å². The highest BCUT2D eigenvalue weighted by molar-refractivity contribution is 5.92. The number of hydrogen-bond acceptors (Lipinski definition) is 2. The Balaban J connectivity index is 3.77. The van der Waals surface area contributed by atoms with Crippen LogP contribution in [0, 0.1) is 0 Å². The molecule has 142 valence electrons. The number of nitrogens with zero attached hydrogens (tertiary/aromatic N) is 1. The van der Waals surface area contributed by atoms with E-state index in [2.05, 4.69) is 37.8 Å². The van der Waals surface area contributed by atoms with Crippen LogP contribution in [0.4, 0.5) is 0 Å². The highest BCUT2D eigenvalue weighted by Crippen LogP contribution is 2.13. The largest absolute Gasteiger partial charge is 0.350 e. The van der Waals surface area contributed by atoms with Crippen molar-refractivity contribution in [3.63, 3.8) is 0 Å². The fourth-order valence-electron chi connectivity index (χ4n) is 2.89. The summed E-state index contributed by atoms with van der Waals surface area (Å²) in [7, 11) is 4.16. The lowest BCUT2D eigenvalue weighted by atomic mass is 10.0. The van der Waals surface area contributed by atoms with Gasteiger partial charge in [0.1, 0.15) is 0 Å². The summed E-state index contributed by atoms with van der Waals surface area (Å²) in [6, 6.07) is 0.283. The van der Waals surface area contributed by atoms with Gasteiger partial charge in [0.15, 0.2) is 0 Å². The standard InChI is InChI=1S/C21H42N2O/c1-6-7-8-9-10-11-12-13-14-15-16-20(17-18-23(4)5)22-21(24)19(2)3/h20H,2,6-18H2,1,3-5H3,(H,22,24). The van der Waals surface area contributed by atoms with Gasteiger partial charge in [0.05, 0.1) is 0 Å². The zero-order chi connectivity index (χ0) is 18.2. The molecule has 0 aromatic carbocycles. The molecule has 0 rings (SSSR count). The molecule has 0 saturated heterocycles. The highest BCUT2D eigenvalue weighted by Gasteiger charge is 2.12. The summed E-state index contributed by atoms with van der Waals surface area (Å²) in [5.74, 6) is 0.00540. The van der Waals surface area contributed by atoms with E-state index >= 15 is 0 Å². The molecule has 0 aromatic heterocycles. The molecule has 0 saturated carbocycles. The smallest absolute Gasteiger partial charge is 0.246 e. The van der Waals surface area contributed by atoms with E-state index in [-0.39, 0.29) is 11.9 Å². The van der Waals surface area contributed by atoms with E-state index in [9.17, 15) is 4.79 Å². The Morgan fingerprint density at radius 2 is 1.42 bits per heavy atom. The van der Waals surface area contributed by atoms with Gasteiger partial charge in [-0.25, -0.2) is 0 Å². The van der Waals surface area contributed by atoms with E-state index in [1.165, 1.54) is 64.2 Å². The number of unbranched alkanes of at least 4 members (excludes halogenated alkanes) is 9. The van der Waals surface area contributed by atoms with Crippen LogP contribution in [0.1, 0.15) is 90.9 Å². The highest BCUT2D eigenvalue weighted by atomic mass is 16.1. The van der Waals surface area contributed by atoms with Crippen LogP contribution in [-0.2, 0) is 4.79 Å². The Hall–Kier alpha value is -0.830. The number of amides is 1. The molecule has 1 unspecified atom stereocenters. The van der Waals surface area contributed by atoms with Gasteiger partial charge in [0.2, 0.25) is 5.91 Å². The summed E-state index contributed by atoms with van der Waals surface area (Å²) in [6.07, 6.45) is 15.6. The first kappa shape index (κ1) is 23.2. The summed E-state index contributed by atoms with van der Waals surface area (Å²) >= 11 is 0. The lowest BCUT2D eigenvalue weighted by Gasteiger charge is -2.21. The molecule has 0 heterocycles. The van der Waals surface area contributed by atoms with Crippen molar-refractivity contribution >= 4 is 5.91 Å². The number of carbonyl (C=O) groups excluding carboxylic acids is 1. The minimum absolute atomic E-state index is 0.00540. The fourth-order valence-corrected chi connectivity index (χ4v) is 2.89. The van der Waals surface area contributed by atoms with Gasteiger partial charge in [-0.05, 0) is 40.4 Å². The van der Waals surface area contributed by atoms with Crippen molar-refractivity contribution in [3.05, 3.63) is 12.2 Å². The van der Waals surface area contributed by atoms with Gasteiger partial charge in [-0.2, -0.15) is 0 Å². The lowest BCUT2D eigenvalue weighted by molar-refractivity contribution is -0.118. The van der Waals surface area contributed by atoms with Crippen LogP contribution in [0.15, 0.2) is 12.2 Å². The molecule has 0 bridgehead atoms. The molecule has 1 N–H and O–H groups in total. The van der Waals surface area contributed by atoms with E-state index < -0.39 is 0 Å². The maximum absolute atomic E-state index is 11.9. The number of nitrogens with one attached hydrogen (secondary N) is 1. The van der Waals surface area contributed by atoms with Crippen LogP contribution in [0.5, 0.6) is 0 Å². The Labute approximate surface area is 151 Å². The average Bonchev–Trinajstić information content (AvgIpc) is 2.53. The van der Waals surface area contributed by atoms with Crippen molar-refractivity contribution in [1.29, 1.82) is 0 Å². The Bertz CT molecular complexity index is 326. The van der Waals surface area contributed by atoms with Crippen molar-refractivity contribution in [2.45, 2.75) is 96.9 Å². The lowest BCUT2D eigenvalue weighted by Crippen LogP contribution is -2.37. The second-order valence-corrected chi connectivity index (χ2v) is 7.51. The van der Waals surface area contributed by atoms with Crippen molar-refractivity contribution < 1.29 is 4.79 Å². The van der Waals surface area contributed by atoms with Crippen molar-refractivity contribution in [1.82, 2.24) is 10.2 Å². The van der Waals surface area contributed by atoms with Gasteiger partial charge in [0.25, 0.3) is 0 Å². The van der Waals surface area contributed by atoms with Crippen LogP contribution < -0.4 is 5.32 Å². The molecule has 3 nitrogen and oxygen atoms in total. The third-order valence-corrected chi connectivity index (χ3v) is 4.55. The Morgan fingerprint density at radius 1 is 0.917 bits per heavy atom. The Morgan fingerprint density at radius 3 is 1.88 bits per heavy atom. The van der Waals surface area contributed by atoms with Crippen LogP contribution in [0.25, 0.3) is 0 Å². The quantitative estimate of drug-likeness (QED) is 0.305. The third-order valence-electron chi connectivity index (χ3n) is 4.55. The predicted molar refractivity (Wildman–Crippen MR) is 106 cm³/mol. The molecule has 1 atom stereocenters. The molecular formula is C21H42N2O. The van der Waals surface area contributed by atoms with Gasteiger partial charge in [-0.15, -0.1) is 0 Å². The molecular weight excluding hydrogens is 296 g/mol. The first-order valence-electron chi connectivity index (χ1n) is 10.1. The topological polar surface area (TPSA) is 32.3 Å². The molecule has 0 aliphatic carbocycles. The number of hydrogen-bond donors (Lipinski definition) is 1. The second kappa shape index (κ2) is 15.7. The van der Waals surface area contributed by atoms with E-state index in [4.69, 9.17) is 0 Å². The molecule has 0 aliphatic rings. The Kier molecular flexibility index (Phi) is 15.1. The van der Waals surface area contributed by atoms with Gasteiger partial charge in [-0.1, -0.05) is 77.7 Å². The molecule has 0 aromatic rings. The summed E-state index contributed by atoms with van der Waals surface area (Å²) in [4.78, 5) is 14.0. The van der Waals surface area contributed by atoms with Gasteiger partial charge in [-0.3, -0.25) is 4.79 Å². The van der Waals surface area contributed by atoms with Crippen LogP contribution in [0.3, 0.4) is 0 Å². The monoisotopic (exact) mass is 338 g/mol. The summed E-state index contributed by atoms with van der Waals surface area (Å²) in [5.41, 5.74) is 0.605. The summed E-state index contributed by atoms with van der Waals surface area (Å²) < 4.78 is 0. The molecule has 1 amide bonds. The molecule has 0 fully saturated rings. The zero-order valence-corrected chi connectivity index (χ0v) is 16.8. The van der Waals surface area contributed by atoms with E-state index in [0.29, 0.717) is 5.57 Å². The number of carbonyl (C=O) groups is 1. The first-order valence-corrected chi connectivity index (χ1v) is 10.1. The van der Waals surface area contributed by atoms with Crippen LogP contribution >= 0.6 is 0 Å². The van der Waals surface area contributed by atoms with Crippen molar-refractivity contribution in [2.75, 3.05) is 20.6 Å².